The molecule has 0 spiro atoms. The Balaban J connectivity index is 2.98. The third-order valence-corrected chi connectivity index (χ3v) is 1.59. The van der Waals surface area contributed by atoms with E-state index in [4.69, 9.17) is 0 Å². The summed E-state index contributed by atoms with van der Waals surface area (Å²) in [5.41, 5.74) is 0. The minimum Gasteiger partial charge on any atom is -0.0834 e. The molecule has 0 saturated carbocycles. The molecular formula is C7H13S. The summed E-state index contributed by atoms with van der Waals surface area (Å²) >= 11 is 4.64. The van der Waals surface area contributed by atoms with Gasteiger partial charge in [-0.15, -0.1) is 0 Å². The second-order valence-corrected chi connectivity index (χ2v) is 2.40. The van der Waals surface area contributed by atoms with Crippen LogP contribution in [0.5, 0.6) is 0 Å². The Morgan fingerprint density at radius 1 is 1.62 bits per heavy atom. The van der Waals surface area contributed by atoms with Gasteiger partial charge in [-0.25, -0.2) is 0 Å². The highest BCUT2D eigenvalue weighted by Crippen LogP contribution is 2.03. The number of thiocarbonyl (C=S) groups is 1. The zero-order valence-corrected chi connectivity index (χ0v) is 6.42. The Bertz CT molecular complexity index is 59.4. The third-order valence-electron chi connectivity index (χ3n) is 1.19. The fourth-order valence-corrected chi connectivity index (χ4v) is 0.687. The maximum Gasteiger partial charge on any atom is 0.0322 e. The molecule has 1 atom stereocenters. The minimum atomic E-state index is 0.518. The predicted molar refractivity (Wildman–Crippen MR) is 41.3 cm³/mol. The van der Waals surface area contributed by atoms with Crippen LogP contribution in [0.3, 0.4) is 0 Å². The average molecular weight is 129 g/mol. The summed E-state index contributed by atoms with van der Waals surface area (Å²) in [6, 6.07) is 0. The van der Waals surface area contributed by atoms with Crippen LogP contribution in [0, 0.1) is 5.92 Å². The minimum absolute atomic E-state index is 0.518. The summed E-state index contributed by atoms with van der Waals surface area (Å²) in [7, 11) is 0. The fourth-order valence-electron chi connectivity index (χ4n) is 0.569. The molecule has 0 heterocycles. The van der Waals surface area contributed by atoms with Gasteiger partial charge in [-0.1, -0.05) is 38.9 Å². The van der Waals surface area contributed by atoms with Gasteiger partial charge in [0, 0.05) is 5.37 Å². The first kappa shape index (κ1) is 8.09. The maximum atomic E-state index is 4.64. The number of hydrogen-bond acceptors (Lipinski definition) is 1. The first-order valence-corrected chi connectivity index (χ1v) is 3.59. The van der Waals surface area contributed by atoms with Crippen molar-refractivity contribution < 1.29 is 0 Å². The van der Waals surface area contributed by atoms with Crippen molar-refractivity contribution in [3.63, 3.8) is 0 Å². The molecule has 1 radical (unpaired) electrons. The highest BCUT2D eigenvalue weighted by Gasteiger charge is 1.93. The van der Waals surface area contributed by atoms with Gasteiger partial charge in [0.25, 0.3) is 0 Å². The van der Waals surface area contributed by atoms with Crippen LogP contribution in [0.1, 0.15) is 33.1 Å². The molecule has 0 aromatic rings. The van der Waals surface area contributed by atoms with Gasteiger partial charge in [0.1, 0.15) is 0 Å². The Kier molecular flexibility index (Phi) is 5.29. The molecule has 0 aliphatic carbocycles. The van der Waals surface area contributed by atoms with Crippen molar-refractivity contribution in [2.24, 2.45) is 5.92 Å². The van der Waals surface area contributed by atoms with Gasteiger partial charge in [0.15, 0.2) is 0 Å². The van der Waals surface area contributed by atoms with Crippen LogP contribution in [-0.4, -0.2) is 5.37 Å². The van der Waals surface area contributed by atoms with Crippen molar-refractivity contribution in [2.75, 3.05) is 0 Å². The molecule has 0 saturated heterocycles. The molecule has 1 unspecified atom stereocenters. The van der Waals surface area contributed by atoms with Gasteiger partial charge in [-0.2, -0.15) is 0 Å². The van der Waals surface area contributed by atoms with Crippen LogP contribution in [0.15, 0.2) is 0 Å². The van der Waals surface area contributed by atoms with Crippen molar-refractivity contribution in [2.45, 2.75) is 33.1 Å². The highest BCUT2D eigenvalue weighted by atomic mass is 32.1. The predicted octanol–water partition coefficient (Wildman–Crippen LogP) is 2.69. The van der Waals surface area contributed by atoms with Crippen LogP contribution >= 0.6 is 12.2 Å². The van der Waals surface area contributed by atoms with E-state index in [0.717, 1.165) is 0 Å². The van der Waals surface area contributed by atoms with E-state index < -0.39 is 0 Å². The van der Waals surface area contributed by atoms with E-state index in [1.54, 1.807) is 0 Å². The van der Waals surface area contributed by atoms with Crippen molar-refractivity contribution in [3.05, 3.63) is 0 Å². The summed E-state index contributed by atoms with van der Waals surface area (Å²) in [4.78, 5) is 0. The lowest BCUT2D eigenvalue weighted by Crippen LogP contribution is -1.91. The lowest BCUT2D eigenvalue weighted by Gasteiger charge is -1.99. The first-order valence-electron chi connectivity index (χ1n) is 3.19. The molecule has 0 amide bonds. The maximum absolute atomic E-state index is 4.64. The van der Waals surface area contributed by atoms with Crippen LogP contribution in [0.25, 0.3) is 0 Å². The molecule has 0 aliphatic heterocycles. The highest BCUT2D eigenvalue weighted by molar-refractivity contribution is 7.79. The average Bonchev–Trinajstić information content (AvgIpc) is 1.83. The van der Waals surface area contributed by atoms with Gasteiger partial charge in [-0.05, 0) is 12.3 Å². The standard InChI is InChI=1S/C7H13S/c1-3-4-5-7(2)6-8/h7H,3-5H2,1-2H3. The topological polar surface area (TPSA) is 0 Å². The Morgan fingerprint density at radius 3 is 2.62 bits per heavy atom. The normalized spacial score (nSPS) is 13.2. The van der Waals surface area contributed by atoms with Gasteiger partial charge >= 0.3 is 0 Å². The molecule has 0 nitrogen and oxygen atoms in total. The fraction of sp³-hybridized carbons (Fsp3) is 0.857. The molecule has 0 aliphatic rings. The summed E-state index contributed by atoms with van der Waals surface area (Å²) < 4.78 is 0. The Morgan fingerprint density at radius 2 is 2.25 bits per heavy atom. The van der Waals surface area contributed by atoms with Gasteiger partial charge in [0.05, 0.1) is 0 Å². The van der Waals surface area contributed by atoms with E-state index in [9.17, 15) is 0 Å². The van der Waals surface area contributed by atoms with Crippen molar-refractivity contribution in [1.29, 1.82) is 0 Å². The smallest absolute Gasteiger partial charge is 0.0322 e. The van der Waals surface area contributed by atoms with Crippen LogP contribution in [0.2, 0.25) is 0 Å². The summed E-state index contributed by atoms with van der Waals surface area (Å²) in [5.74, 6) is 0.518. The second-order valence-electron chi connectivity index (χ2n) is 2.16. The van der Waals surface area contributed by atoms with E-state index >= 15 is 0 Å². The Hall–Kier alpha value is 0.0900. The van der Waals surface area contributed by atoms with Crippen LogP contribution < -0.4 is 0 Å². The molecule has 0 fully saturated rings. The zero-order valence-electron chi connectivity index (χ0n) is 5.61. The van der Waals surface area contributed by atoms with E-state index in [0.29, 0.717) is 5.92 Å². The third kappa shape index (κ3) is 4.25. The molecular weight excluding hydrogens is 116 g/mol. The molecule has 0 bridgehead atoms. The number of hydrogen-bond donors (Lipinski definition) is 0. The van der Waals surface area contributed by atoms with E-state index in [1.807, 2.05) is 0 Å². The van der Waals surface area contributed by atoms with Gasteiger partial charge < -0.3 is 0 Å². The Labute approximate surface area is 57.3 Å². The van der Waals surface area contributed by atoms with E-state index in [-0.39, 0.29) is 0 Å². The van der Waals surface area contributed by atoms with Crippen molar-refractivity contribution in [1.82, 2.24) is 0 Å². The first-order chi connectivity index (χ1) is 3.81. The van der Waals surface area contributed by atoms with E-state index in [2.05, 4.69) is 31.4 Å². The molecule has 8 heavy (non-hydrogen) atoms. The van der Waals surface area contributed by atoms with Gasteiger partial charge in [-0.3, -0.25) is 0 Å². The van der Waals surface area contributed by atoms with Crippen LogP contribution in [0.4, 0.5) is 0 Å². The zero-order chi connectivity index (χ0) is 6.41. The monoisotopic (exact) mass is 129 g/mol. The second kappa shape index (κ2) is 5.23. The molecule has 0 N–H and O–H groups in total. The van der Waals surface area contributed by atoms with Crippen molar-refractivity contribution >= 4 is 17.6 Å². The molecule has 0 aromatic heterocycles. The molecule has 1 heteroatoms. The summed E-state index contributed by atoms with van der Waals surface area (Å²) in [6.07, 6.45) is 3.76. The van der Waals surface area contributed by atoms with E-state index in [1.165, 1.54) is 19.3 Å². The molecule has 47 valence electrons. The largest absolute Gasteiger partial charge is 0.0834 e. The lowest BCUT2D eigenvalue weighted by atomic mass is 10.1. The lowest BCUT2D eigenvalue weighted by molar-refractivity contribution is 0.637. The quantitative estimate of drug-likeness (QED) is 0.526. The molecule has 0 aromatic carbocycles. The summed E-state index contributed by atoms with van der Waals surface area (Å²) in [6.45, 7) is 4.30. The molecule has 0 rings (SSSR count). The number of unbranched alkanes of at least 4 members (excludes halogenated alkanes) is 1. The van der Waals surface area contributed by atoms with Crippen LogP contribution in [-0.2, 0) is 0 Å². The summed E-state index contributed by atoms with van der Waals surface area (Å²) in [5, 5.41) is 2.78. The SMILES string of the molecule is CCCCC(C)[C]=S. The van der Waals surface area contributed by atoms with Crippen molar-refractivity contribution in [3.8, 4) is 0 Å². The van der Waals surface area contributed by atoms with Gasteiger partial charge in [0.2, 0.25) is 0 Å². The number of rotatable bonds is 4.